The zero-order valence-electron chi connectivity index (χ0n) is 8.95. The van der Waals surface area contributed by atoms with Crippen LogP contribution in [0.4, 0.5) is 0 Å². The van der Waals surface area contributed by atoms with Crippen LogP contribution < -0.4 is 5.32 Å². The molecule has 15 heavy (non-hydrogen) atoms. The summed E-state index contributed by atoms with van der Waals surface area (Å²) >= 11 is 0. The Morgan fingerprint density at radius 1 is 1.07 bits per heavy atom. The largest absolute Gasteiger partial charge is 0.336 e. The van der Waals surface area contributed by atoms with Crippen LogP contribution in [0.15, 0.2) is 0 Å². The minimum atomic E-state index is -0.334. The SMILES string of the molecule is O=C(C(=O)N1CCCCC1)C1CCC[N]1. The second-order valence-electron chi connectivity index (χ2n) is 4.28. The Balaban J connectivity index is 1.90. The Kier molecular flexibility index (Phi) is 3.36. The van der Waals surface area contributed by atoms with E-state index in [0.717, 1.165) is 45.3 Å². The maximum absolute atomic E-state index is 11.8. The van der Waals surface area contributed by atoms with Crippen molar-refractivity contribution in [3.8, 4) is 0 Å². The van der Waals surface area contributed by atoms with Crippen molar-refractivity contribution in [1.82, 2.24) is 10.2 Å². The first-order chi connectivity index (χ1) is 7.29. The van der Waals surface area contributed by atoms with Gasteiger partial charge in [-0.25, -0.2) is 5.32 Å². The van der Waals surface area contributed by atoms with Gasteiger partial charge in [0.2, 0.25) is 5.78 Å². The molecule has 1 amide bonds. The average molecular weight is 209 g/mol. The predicted octanol–water partition coefficient (Wildman–Crippen LogP) is 0.335. The fraction of sp³-hybridized carbons (Fsp3) is 0.818. The van der Waals surface area contributed by atoms with Gasteiger partial charge in [0, 0.05) is 19.6 Å². The highest BCUT2D eigenvalue weighted by atomic mass is 16.2. The van der Waals surface area contributed by atoms with Crippen molar-refractivity contribution in [3.05, 3.63) is 0 Å². The molecule has 83 valence electrons. The van der Waals surface area contributed by atoms with E-state index in [4.69, 9.17) is 0 Å². The van der Waals surface area contributed by atoms with Crippen LogP contribution in [0.25, 0.3) is 0 Å². The number of amides is 1. The molecule has 0 aliphatic carbocycles. The van der Waals surface area contributed by atoms with Crippen LogP contribution in [0.3, 0.4) is 0 Å². The average Bonchev–Trinajstić information content (AvgIpc) is 2.82. The van der Waals surface area contributed by atoms with E-state index in [0.29, 0.717) is 0 Å². The Bertz CT molecular complexity index is 253. The molecule has 2 rings (SSSR count). The Morgan fingerprint density at radius 2 is 1.80 bits per heavy atom. The first-order valence-corrected chi connectivity index (χ1v) is 5.79. The number of piperidine rings is 1. The highest BCUT2D eigenvalue weighted by Crippen LogP contribution is 2.13. The number of hydrogen-bond donors (Lipinski definition) is 0. The van der Waals surface area contributed by atoms with E-state index in [1.807, 2.05) is 0 Å². The van der Waals surface area contributed by atoms with Crippen LogP contribution in [0.5, 0.6) is 0 Å². The number of Topliss-reactive ketones (excluding diaryl/α,β-unsaturated/α-hetero) is 1. The topological polar surface area (TPSA) is 51.5 Å². The summed E-state index contributed by atoms with van der Waals surface area (Å²) in [5.74, 6) is -0.584. The standard InChI is InChI=1S/C11H17N2O2/c14-10(9-5-4-6-12-9)11(15)13-7-2-1-3-8-13/h9H,1-8H2. The molecule has 4 heteroatoms. The van der Waals surface area contributed by atoms with Crippen LogP contribution >= 0.6 is 0 Å². The molecule has 2 fully saturated rings. The van der Waals surface area contributed by atoms with Crippen LogP contribution in [0.2, 0.25) is 0 Å². The van der Waals surface area contributed by atoms with Gasteiger partial charge in [-0.2, -0.15) is 0 Å². The van der Waals surface area contributed by atoms with Gasteiger partial charge >= 0.3 is 0 Å². The highest BCUT2D eigenvalue weighted by Gasteiger charge is 2.32. The number of carbonyl (C=O) groups is 2. The van der Waals surface area contributed by atoms with Gasteiger partial charge in [0.1, 0.15) is 0 Å². The van der Waals surface area contributed by atoms with Crippen LogP contribution in [0, 0.1) is 0 Å². The fourth-order valence-corrected chi connectivity index (χ4v) is 2.23. The lowest BCUT2D eigenvalue weighted by molar-refractivity contribution is -0.146. The number of rotatable bonds is 2. The number of ketones is 1. The third-order valence-corrected chi connectivity index (χ3v) is 3.14. The van der Waals surface area contributed by atoms with Gasteiger partial charge in [-0.3, -0.25) is 9.59 Å². The molecule has 2 aliphatic heterocycles. The van der Waals surface area contributed by atoms with E-state index in [9.17, 15) is 9.59 Å². The molecular formula is C11H17N2O2. The smallest absolute Gasteiger partial charge is 0.291 e. The number of carbonyl (C=O) groups excluding carboxylic acids is 2. The first-order valence-electron chi connectivity index (χ1n) is 5.79. The molecule has 1 unspecified atom stereocenters. The van der Waals surface area contributed by atoms with Gasteiger partial charge in [0.05, 0.1) is 6.04 Å². The molecule has 0 N–H and O–H groups in total. The number of likely N-dealkylation sites (tertiary alicyclic amines) is 1. The molecular weight excluding hydrogens is 192 g/mol. The molecule has 2 heterocycles. The number of hydrogen-bond acceptors (Lipinski definition) is 2. The maximum Gasteiger partial charge on any atom is 0.291 e. The molecule has 1 radical (unpaired) electrons. The van der Waals surface area contributed by atoms with Gasteiger partial charge in [-0.1, -0.05) is 0 Å². The fourth-order valence-electron chi connectivity index (χ4n) is 2.23. The van der Waals surface area contributed by atoms with E-state index >= 15 is 0 Å². The summed E-state index contributed by atoms with van der Waals surface area (Å²) in [5.41, 5.74) is 0. The van der Waals surface area contributed by atoms with Crippen molar-refractivity contribution in [2.24, 2.45) is 0 Å². The van der Waals surface area contributed by atoms with Crippen molar-refractivity contribution in [2.45, 2.75) is 38.1 Å². The van der Waals surface area contributed by atoms with E-state index in [2.05, 4.69) is 5.32 Å². The van der Waals surface area contributed by atoms with Crippen molar-refractivity contribution in [1.29, 1.82) is 0 Å². The lowest BCUT2D eigenvalue weighted by atomic mass is 10.1. The minimum Gasteiger partial charge on any atom is -0.336 e. The molecule has 0 aromatic rings. The van der Waals surface area contributed by atoms with Crippen LogP contribution in [-0.4, -0.2) is 42.3 Å². The van der Waals surface area contributed by atoms with Crippen molar-refractivity contribution in [3.63, 3.8) is 0 Å². The Morgan fingerprint density at radius 3 is 2.40 bits per heavy atom. The second-order valence-corrected chi connectivity index (χ2v) is 4.28. The van der Waals surface area contributed by atoms with Gasteiger partial charge in [-0.05, 0) is 32.1 Å². The Hall–Kier alpha value is -0.900. The van der Waals surface area contributed by atoms with E-state index in [1.165, 1.54) is 6.42 Å². The summed E-state index contributed by atoms with van der Waals surface area (Å²) in [6.07, 6.45) is 4.94. The lowest BCUT2D eigenvalue weighted by Gasteiger charge is -2.26. The molecule has 1 atom stereocenters. The quantitative estimate of drug-likeness (QED) is 0.616. The molecule has 4 nitrogen and oxygen atoms in total. The van der Waals surface area contributed by atoms with E-state index in [-0.39, 0.29) is 17.7 Å². The zero-order chi connectivity index (χ0) is 10.7. The lowest BCUT2D eigenvalue weighted by Crippen LogP contribution is -2.45. The first kappa shape index (κ1) is 10.6. The molecule has 0 bridgehead atoms. The summed E-state index contributed by atoms with van der Waals surface area (Å²) in [5, 5.41) is 4.15. The van der Waals surface area contributed by atoms with E-state index in [1.54, 1.807) is 4.90 Å². The van der Waals surface area contributed by atoms with Crippen molar-refractivity contribution < 1.29 is 9.59 Å². The van der Waals surface area contributed by atoms with Gasteiger partial charge < -0.3 is 4.90 Å². The summed E-state index contributed by atoms with van der Waals surface area (Å²) < 4.78 is 0. The maximum atomic E-state index is 11.8. The second kappa shape index (κ2) is 4.75. The highest BCUT2D eigenvalue weighted by molar-refractivity contribution is 6.38. The van der Waals surface area contributed by atoms with Gasteiger partial charge in [0.15, 0.2) is 0 Å². The molecule has 0 spiro atoms. The minimum absolute atomic E-state index is 0.283. The summed E-state index contributed by atoms with van der Waals surface area (Å²) in [6, 6.07) is -0.334. The third-order valence-electron chi connectivity index (χ3n) is 3.14. The van der Waals surface area contributed by atoms with Crippen LogP contribution in [-0.2, 0) is 9.59 Å². The van der Waals surface area contributed by atoms with Gasteiger partial charge in [-0.15, -0.1) is 0 Å². The summed E-state index contributed by atoms with van der Waals surface area (Å²) in [7, 11) is 0. The predicted molar refractivity (Wildman–Crippen MR) is 55.5 cm³/mol. The van der Waals surface area contributed by atoms with Gasteiger partial charge in [0.25, 0.3) is 5.91 Å². The Labute approximate surface area is 90.0 Å². The van der Waals surface area contributed by atoms with Crippen LogP contribution in [0.1, 0.15) is 32.1 Å². The molecule has 2 saturated heterocycles. The van der Waals surface area contributed by atoms with Crippen molar-refractivity contribution in [2.75, 3.05) is 19.6 Å². The molecule has 0 aromatic heterocycles. The van der Waals surface area contributed by atoms with Crippen molar-refractivity contribution >= 4 is 11.7 Å². The normalized spacial score (nSPS) is 26.7. The number of nitrogens with zero attached hydrogens (tertiary/aromatic N) is 2. The molecule has 2 aliphatic rings. The summed E-state index contributed by atoms with van der Waals surface area (Å²) in [4.78, 5) is 25.3. The molecule has 0 aromatic carbocycles. The zero-order valence-corrected chi connectivity index (χ0v) is 8.95. The van der Waals surface area contributed by atoms with E-state index < -0.39 is 0 Å². The summed E-state index contributed by atoms with van der Waals surface area (Å²) in [6.45, 7) is 2.23. The monoisotopic (exact) mass is 209 g/mol. The third kappa shape index (κ3) is 2.37. The molecule has 0 saturated carbocycles.